The van der Waals surface area contributed by atoms with Gasteiger partial charge in [0.15, 0.2) is 0 Å². The molecule has 0 bridgehead atoms. The summed E-state index contributed by atoms with van der Waals surface area (Å²) in [6.07, 6.45) is 2.81. The van der Waals surface area contributed by atoms with Gasteiger partial charge in [-0.05, 0) is 42.5 Å². The van der Waals surface area contributed by atoms with Gasteiger partial charge in [0.05, 0.1) is 17.6 Å². The summed E-state index contributed by atoms with van der Waals surface area (Å²) >= 11 is 1.70. The van der Waals surface area contributed by atoms with Gasteiger partial charge in [-0.2, -0.15) is 11.8 Å². The van der Waals surface area contributed by atoms with Crippen LogP contribution >= 0.6 is 11.8 Å². The highest BCUT2D eigenvalue weighted by Crippen LogP contribution is 2.29. The molecule has 0 saturated carbocycles. The summed E-state index contributed by atoms with van der Waals surface area (Å²) in [6.45, 7) is 2.43. The van der Waals surface area contributed by atoms with Gasteiger partial charge in [-0.15, -0.1) is 0 Å². The lowest BCUT2D eigenvalue weighted by atomic mass is 10.1. The van der Waals surface area contributed by atoms with E-state index in [9.17, 15) is 14.9 Å². The lowest BCUT2D eigenvalue weighted by Crippen LogP contribution is -2.13. The number of nitro groups is 1. The first kappa shape index (κ1) is 18.8. The standard InChI is InChI=1S/C18H20N2O4S/c1-3-10-24-15-8-9-16(17(11-15)20(22)23)19-18(21)14-6-4-13(5-7-14)12-25-2/h4-9,11H,3,10,12H2,1-2H3,(H,19,21). The van der Waals surface area contributed by atoms with Crippen LogP contribution in [0.1, 0.15) is 29.3 Å². The van der Waals surface area contributed by atoms with Gasteiger partial charge in [0.2, 0.25) is 0 Å². The van der Waals surface area contributed by atoms with E-state index in [0.717, 1.165) is 17.7 Å². The Morgan fingerprint density at radius 1 is 1.24 bits per heavy atom. The van der Waals surface area contributed by atoms with E-state index in [1.165, 1.54) is 12.1 Å². The Labute approximate surface area is 150 Å². The first-order valence-electron chi connectivity index (χ1n) is 7.85. The molecule has 7 heteroatoms. The van der Waals surface area contributed by atoms with E-state index in [1.54, 1.807) is 30.0 Å². The highest BCUT2D eigenvalue weighted by atomic mass is 32.2. The number of carbonyl (C=O) groups is 1. The number of anilines is 1. The van der Waals surface area contributed by atoms with Crippen molar-refractivity contribution in [3.63, 3.8) is 0 Å². The minimum Gasteiger partial charge on any atom is -0.493 e. The van der Waals surface area contributed by atoms with E-state index in [4.69, 9.17) is 4.74 Å². The van der Waals surface area contributed by atoms with Crippen LogP contribution in [0.4, 0.5) is 11.4 Å². The largest absolute Gasteiger partial charge is 0.493 e. The molecule has 132 valence electrons. The van der Waals surface area contributed by atoms with Crippen molar-refractivity contribution in [2.45, 2.75) is 19.1 Å². The number of thioether (sulfide) groups is 1. The minimum atomic E-state index is -0.532. The fourth-order valence-corrected chi connectivity index (χ4v) is 2.72. The summed E-state index contributed by atoms with van der Waals surface area (Å²) in [5.41, 5.74) is 1.52. The summed E-state index contributed by atoms with van der Waals surface area (Å²) in [5, 5.41) is 13.9. The highest BCUT2D eigenvalue weighted by molar-refractivity contribution is 7.97. The third-order valence-corrected chi connectivity index (χ3v) is 4.04. The smallest absolute Gasteiger partial charge is 0.296 e. The molecule has 6 nitrogen and oxygen atoms in total. The fourth-order valence-electron chi connectivity index (χ4n) is 2.19. The van der Waals surface area contributed by atoms with E-state index < -0.39 is 4.92 Å². The van der Waals surface area contributed by atoms with Gasteiger partial charge in [0, 0.05) is 11.3 Å². The summed E-state index contributed by atoms with van der Waals surface area (Å²) in [4.78, 5) is 23.1. The second-order valence-electron chi connectivity index (χ2n) is 5.37. The average Bonchev–Trinajstić information content (AvgIpc) is 2.61. The minimum absolute atomic E-state index is 0.145. The Bertz CT molecular complexity index is 747. The van der Waals surface area contributed by atoms with E-state index >= 15 is 0 Å². The van der Waals surface area contributed by atoms with Crippen LogP contribution in [0.25, 0.3) is 0 Å². The summed E-state index contributed by atoms with van der Waals surface area (Å²) < 4.78 is 5.41. The predicted octanol–water partition coefficient (Wildman–Crippen LogP) is 4.50. The second-order valence-corrected chi connectivity index (χ2v) is 6.23. The zero-order valence-electron chi connectivity index (χ0n) is 14.2. The van der Waals surface area contributed by atoms with Crippen molar-refractivity contribution in [3.05, 3.63) is 63.7 Å². The van der Waals surface area contributed by atoms with E-state index in [-0.39, 0.29) is 17.3 Å². The van der Waals surface area contributed by atoms with Crippen LogP contribution in [0, 0.1) is 10.1 Å². The summed E-state index contributed by atoms with van der Waals surface area (Å²) in [7, 11) is 0. The summed E-state index contributed by atoms with van der Waals surface area (Å²) in [5.74, 6) is 0.890. The highest BCUT2D eigenvalue weighted by Gasteiger charge is 2.18. The molecule has 0 aliphatic heterocycles. The number of hydrogen-bond donors (Lipinski definition) is 1. The Morgan fingerprint density at radius 3 is 2.56 bits per heavy atom. The molecule has 0 aliphatic carbocycles. The third kappa shape index (κ3) is 5.22. The topological polar surface area (TPSA) is 81.5 Å². The summed E-state index contributed by atoms with van der Waals surface area (Å²) in [6, 6.07) is 11.6. The van der Waals surface area contributed by atoms with Crippen molar-refractivity contribution in [2.24, 2.45) is 0 Å². The predicted molar refractivity (Wildman–Crippen MR) is 100 cm³/mol. The molecule has 0 saturated heterocycles. The Morgan fingerprint density at radius 2 is 1.96 bits per heavy atom. The molecule has 0 aromatic heterocycles. The number of amides is 1. The maximum atomic E-state index is 12.3. The molecule has 1 amide bonds. The molecule has 0 fully saturated rings. The molecule has 2 aromatic carbocycles. The number of nitro benzene ring substituents is 1. The molecule has 0 heterocycles. The fraction of sp³-hybridized carbons (Fsp3) is 0.278. The Balaban J connectivity index is 2.17. The van der Waals surface area contributed by atoms with Crippen molar-refractivity contribution in [3.8, 4) is 5.75 Å². The Hall–Kier alpha value is -2.54. The van der Waals surface area contributed by atoms with Crippen molar-refractivity contribution in [1.29, 1.82) is 0 Å². The van der Waals surface area contributed by atoms with E-state index in [0.29, 0.717) is 17.9 Å². The number of carbonyl (C=O) groups excluding carboxylic acids is 1. The lowest BCUT2D eigenvalue weighted by molar-refractivity contribution is -0.384. The van der Waals surface area contributed by atoms with Crippen LogP contribution in [0.2, 0.25) is 0 Å². The molecule has 2 aromatic rings. The molecule has 0 aliphatic rings. The van der Waals surface area contributed by atoms with Crippen molar-refractivity contribution < 1.29 is 14.5 Å². The van der Waals surface area contributed by atoms with Crippen LogP contribution in [0.3, 0.4) is 0 Å². The molecule has 0 spiro atoms. The number of nitrogens with one attached hydrogen (secondary N) is 1. The first-order valence-corrected chi connectivity index (χ1v) is 9.25. The van der Waals surface area contributed by atoms with Gasteiger partial charge in [0.1, 0.15) is 11.4 Å². The van der Waals surface area contributed by atoms with Crippen LogP contribution < -0.4 is 10.1 Å². The maximum absolute atomic E-state index is 12.3. The number of rotatable bonds is 8. The molecule has 0 radical (unpaired) electrons. The van der Waals surface area contributed by atoms with Crippen LogP contribution in [-0.4, -0.2) is 23.7 Å². The monoisotopic (exact) mass is 360 g/mol. The second kappa shape index (κ2) is 9.08. The molecule has 1 N–H and O–H groups in total. The Kier molecular flexibility index (Phi) is 6.82. The SMILES string of the molecule is CCCOc1ccc(NC(=O)c2ccc(CSC)cc2)c([N+](=O)[O-])c1. The van der Waals surface area contributed by atoms with Crippen LogP contribution in [-0.2, 0) is 5.75 Å². The van der Waals surface area contributed by atoms with Gasteiger partial charge < -0.3 is 10.1 Å². The normalized spacial score (nSPS) is 10.3. The lowest BCUT2D eigenvalue weighted by Gasteiger charge is -2.09. The zero-order chi connectivity index (χ0) is 18.2. The van der Waals surface area contributed by atoms with Gasteiger partial charge in [-0.25, -0.2) is 0 Å². The van der Waals surface area contributed by atoms with E-state index in [2.05, 4.69) is 5.32 Å². The van der Waals surface area contributed by atoms with Crippen molar-refractivity contribution in [2.75, 3.05) is 18.2 Å². The van der Waals surface area contributed by atoms with E-state index in [1.807, 2.05) is 25.3 Å². The zero-order valence-corrected chi connectivity index (χ0v) is 15.0. The number of nitrogens with zero attached hydrogens (tertiary/aromatic N) is 1. The third-order valence-electron chi connectivity index (χ3n) is 3.41. The van der Waals surface area contributed by atoms with Crippen LogP contribution in [0.5, 0.6) is 5.75 Å². The number of hydrogen-bond acceptors (Lipinski definition) is 5. The van der Waals surface area contributed by atoms with Gasteiger partial charge >= 0.3 is 0 Å². The van der Waals surface area contributed by atoms with Crippen molar-refractivity contribution >= 4 is 29.0 Å². The molecular formula is C18H20N2O4S. The average molecular weight is 360 g/mol. The number of benzene rings is 2. The first-order chi connectivity index (χ1) is 12.0. The number of ether oxygens (including phenoxy) is 1. The molecule has 0 atom stereocenters. The van der Waals surface area contributed by atoms with Crippen molar-refractivity contribution in [1.82, 2.24) is 0 Å². The van der Waals surface area contributed by atoms with Gasteiger partial charge in [-0.3, -0.25) is 14.9 Å². The quantitative estimate of drug-likeness (QED) is 0.554. The van der Waals surface area contributed by atoms with Gasteiger partial charge in [0.25, 0.3) is 11.6 Å². The molecule has 2 rings (SSSR count). The van der Waals surface area contributed by atoms with Gasteiger partial charge in [-0.1, -0.05) is 19.1 Å². The molecular weight excluding hydrogens is 340 g/mol. The van der Waals surface area contributed by atoms with Crippen LogP contribution in [0.15, 0.2) is 42.5 Å². The molecule has 0 unspecified atom stereocenters. The molecule has 25 heavy (non-hydrogen) atoms. The maximum Gasteiger partial charge on any atom is 0.296 e.